The first-order chi connectivity index (χ1) is 15.7. The number of ether oxygens (including phenoxy) is 3. The van der Waals surface area contributed by atoms with E-state index < -0.39 is 0 Å². The van der Waals surface area contributed by atoms with Crippen molar-refractivity contribution in [2.75, 3.05) is 38.4 Å². The van der Waals surface area contributed by atoms with Crippen LogP contribution in [0.3, 0.4) is 0 Å². The number of carbonyl (C=O) groups is 1. The molecule has 5 nitrogen and oxygen atoms in total. The van der Waals surface area contributed by atoms with Crippen LogP contribution in [-0.2, 0) is 16.1 Å². The Bertz CT molecular complexity index is 865. The monoisotopic (exact) mass is 473 g/mol. The predicted octanol–water partition coefficient (Wildman–Crippen LogP) is 5.15. The molecule has 2 aliphatic rings. The van der Waals surface area contributed by atoms with Crippen LogP contribution in [-0.4, -0.2) is 55.3 Å². The van der Waals surface area contributed by atoms with E-state index in [1.165, 1.54) is 23.5 Å². The van der Waals surface area contributed by atoms with E-state index in [0.717, 1.165) is 36.5 Å². The van der Waals surface area contributed by atoms with Crippen LogP contribution in [0.15, 0.2) is 48.5 Å². The van der Waals surface area contributed by atoms with Crippen molar-refractivity contribution >= 4 is 29.4 Å². The standard InChI is InChI=1S/C25H31NO4S2/c1-28-23-8-3-2-6-20(23)16-26(17-22-7-4-13-29-22)24(27)18-30-21-11-9-19(10-12-21)25-31-14-5-15-32-25/h2-3,6,8-12,22,25H,4-5,7,13-18H2,1H3. The summed E-state index contributed by atoms with van der Waals surface area (Å²) in [5.74, 6) is 3.90. The van der Waals surface area contributed by atoms with Crippen LogP contribution < -0.4 is 9.47 Å². The molecule has 2 heterocycles. The van der Waals surface area contributed by atoms with Crippen molar-refractivity contribution in [3.63, 3.8) is 0 Å². The lowest BCUT2D eigenvalue weighted by Crippen LogP contribution is -2.39. The predicted molar refractivity (Wildman–Crippen MR) is 132 cm³/mol. The van der Waals surface area contributed by atoms with Crippen LogP contribution in [0.1, 0.15) is 35.0 Å². The molecule has 172 valence electrons. The summed E-state index contributed by atoms with van der Waals surface area (Å²) in [6, 6.07) is 16.0. The molecule has 2 aliphatic heterocycles. The molecule has 0 radical (unpaired) electrons. The van der Waals surface area contributed by atoms with Gasteiger partial charge in [0.1, 0.15) is 11.5 Å². The minimum Gasteiger partial charge on any atom is -0.496 e. The lowest BCUT2D eigenvalue weighted by molar-refractivity contribution is -0.135. The van der Waals surface area contributed by atoms with E-state index in [1.807, 2.05) is 64.8 Å². The number of nitrogens with zero attached hydrogens (tertiary/aromatic N) is 1. The van der Waals surface area contributed by atoms with Gasteiger partial charge in [-0.15, -0.1) is 23.5 Å². The summed E-state index contributed by atoms with van der Waals surface area (Å²) < 4.78 is 17.6. The van der Waals surface area contributed by atoms with E-state index in [0.29, 0.717) is 17.7 Å². The molecule has 7 heteroatoms. The Kier molecular flexibility index (Phi) is 8.65. The lowest BCUT2D eigenvalue weighted by atomic mass is 10.1. The number of amides is 1. The van der Waals surface area contributed by atoms with Crippen LogP contribution in [0, 0.1) is 0 Å². The number of hydrogen-bond donors (Lipinski definition) is 0. The van der Waals surface area contributed by atoms with Gasteiger partial charge in [0.15, 0.2) is 6.61 Å². The van der Waals surface area contributed by atoms with E-state index in [-0.39, 0.29) is 18.6 Å². The Balaban J connectivity index is 1.37. The quantitative estimate of drug-likeness (QED) is 0.502. The Hall–Kier alpha value is -1.83. The Morgan fingerprint density at radius 1 is 1.09 bits per heavy atom. The van der Waals surface area contributed by atoms with E-state index in [2.05, 4.69) is 12.1 Å². The van der Waals surface area contributed by atoms with Crippen molar-refractivity contribution in [3.05, 3.63) is 59.7 Å². The van der Waals surface area contributed by atoms with Gasteiger partial charge in [-0.05, 0) is 54.5 Å². The average Bonchev–Trinajstić information content (AvgIpc) is 3.36. The van der Waals surface area contributed by atoms with Crippen molar-refractivity contribution in [3.8, 4) is 11.5 Å². The maximum atomic E-state index is 13.1. The highest BCUT2D eigenvalue weighted by atomic mass is 32.2. The summed E-state index contributed by atoms with van der Waals surface area (Å²) in [6.07, 6.45) is 3.39. The summed E-state index contributed by atoms with van der Waals surface area (Å²) in [4.78, 5) is 15.0. The Morgan fingerprint density at radius 2 is 1.88 bits per heavy atom. The van der Waals surface area contributed by atoms with Crippen molar-refractivity contribution in [2.24, 2.45) is 0 Å². The van der Waals surface area contributed by atoms with Gasteiger partial charge in [-0.1, -0.05) is 30.3 Å². The minimum absolute atomic E-state index is 0.00808. The molecule has 2 aromatic rings. The molecule has 2 saturated heterocycles. The second-order valence-corrected chi connectivity index (χ2v) is 10.7. The van der Waals surface area contributed by atoms with Crippen molar-refractivity contribution in [1.29, 1.82) is 0 Å². The molecule has 0 aromatic heterocycles. The van der Waals surface area contributed by atoms with Gasteiger partial charge in [0.05, 0.1) is 17.8 Å². The SMILES string of the molecule is COc1ccccc1CN(CC1CCCO1)C(=O)COc1ccc(C2SCCCS2)cc1. The number of thioether (sulfide) groups is 2. The second kappa shape index (κ2) is 11.9. The summed E-state index contributed by atoms with van der Waals surface area (Å²) in [6.45, 7) is 1.81. The number of rotatable bonds is 9. The number of para-hydroxylation sites is 1. The van der Waals surface area contributed by atoms with Gasteiger partial charge in [-0.2, -0.15) is 0 Å². The van der Waals surface area contributed by atoms with Crippen molar-refractivity contribution in [2.45, 2.75) is 36.5 Å². The molecule has 1 atom stereocenters. The van der Waals surface area contributed by atoms with Crippen LogP contribution in [0.5, 0.6) is 11.5 Å². The van der Waals surface area contributed by atoms with Crippen LogP contribution in [0.25, 0.3) is 0 Å². The molecule has 0 spiro atoms. The maximum Gasteiger partial charge on any atom is 0.260 e. The highest BCUT2D eigenvalue weighted by molar-refractivity contribution is 8.16. The van der Waals surface area contributed by atoms with Gasteiger partial charge >= 0.3 is 0 Å². The zero-order chi connectivity index (χ0) is 22.2. The molecule has 0 N–H and O–H groups in total. The third kappa shape index (κ3) is 6.36. The highest BCUT2D eigenvalue weighted by Crippen LogP contribution is 2.43. The summed E-state index contributed by atoms with van der Waals surface area (Å²) >= 11 is 4.00. The average molecular weight is 474 g/mol. The topological polar surface area (TPSA) is 48.0 Å². The Labute approximate surface area is 199 Å². The zero-order valence-corrected chi connectivity index (χ0v) is 20.2. The summed E-state index contributed by atoms with van der Waals surface area (Å²) in [5, 5.41) is 0. The molecule has 0 saturated carbocycles. The highest BCUT2D eigenvalue weighted by Gasteiger charge is 2.24. The lowest BCUT2D eigenvalue weighted by Gasteiger charge is -2.26. The van der Waals surface area contributed by atoms with E-state index in [4.69, 9.17) is 14.2 Å². The first-order valence-corrected chi connectivity index (χ1v) is 13.3. The van der Waals surface area contributed by atoms with Gasteiger partial charge in [-0.3, -0.25) is 4.79 Å². The molecule has 0 bridgehead atoms. The summed E-state index contributed by atoms with van der Waals surface area (Å²) in [5.41, 5.74) is 2.29. The third-order valence-electron chi connectivity index (χ3n) is 5.70. The fourth-order valence-corrected chi connectivity index (χ4v) is 6.86. The molecule has 2 fully saturated rings. The van der Waals surface area contributed by atoms with Gasteiger partial charge in [0.2, 0.25) is 0 Å². The molecule has 4 rings (SSSR count). The van der Waals surface area contributed by atoms with Crippen LogP contribution in [0.2, 0.25) is 0 Å². The first kappa shape index (κ1) is 23.3. The molecule has 2 aromatic carbocycles. The molecule has 32 heavy (non-hydrogen) atoms. The third-order valence-corrected chi connectivity index (χ3v) is 8.71. The smallest absolute Gasteiger partial charge is 0.260 e. The number of methoxy groups -OCH3 is 1. The first-order valence-electron chi connectivity index (χ1n) is 11.2. The largest absolute Gasteiger partial charge is 0.496 e. The second-order valence-electron chi connectivity index (χ2n) is 8.01. The molecular weight excluding hydrogens is 442 g/mol. The van der Waals surface area contributed by atoms with E-state index in [9.17, 15) is 4.79 Å². The van der Waals surface area contributed by atoms with Crippen LogP contribution in [0.4, 0.5) is 0 Å². The molecule has 0 aliphatic carbocycles. The molecule has 1 unspecified atom stereocenters. The number of carbonyl (C=O) groups excluding carboxylic acids is 1. The molecule has 1 amide bonds. The van der Waals surface area contributed by atoms with Gasteiger partial charge < -0.3 is 19.1 Å². The van der Waals surface area contributed by atoms with Gasteiger partial charge in [0, 0.05) is 25.3 Å². The minimum atomic E-state index is -0.0473. The van der Waals surface area contributed by atoms with Crippen LogP contribution >= 0.6 is 23.5 Å². The number of hydrogen-bond acceptors (Lipinski definition) is 6. The van der Waals surface area contributed by atoms with Crippen molar-refractivity contribution < 1.29 is 19.0 Å². The van der Waals surface area contributed by atoms with Gasteiger partial charge in [-0.25, -0.2) is 0 Å². The zero-order valence-electron chi connectivity index (χ0n) is 18.5. The molecular formula is C25H31NO4S2. The Morgan fingerprint density at radius 3 is 2.59 bits per heavy atom. The van der Waals surface area contributed by atoms with E-state index in [1.54, 1.807) is 7.11 Å². The van der Waals surface area contributed by atoms with E-state index >= 15 is 0 Å². The fraction of sp³-hybridized carbons (Fsp3) is 0.480. The summed E-state index contributed by atoms with van der Waals surface area (Å²) in [7, 11) is 1.65. The van der Waals surface area contributed by atoms with Crippen molar-refractivity contribution in [1.82, 2.24) is 4.90 Å². The normalized spacial score (nSPS) is 19.0. The maximum absolute atomic E-state index is 13.1. The fourth-order valence-electron chi connectivity index (χ4n) is 3.97. The number of benzene rings is 2. The van der Waals surface area contributed by atoms with Gasteiger partial charge in [0.25, 0.3) is 5.91 Å².